The van der Waals surface area contributed by atoms with Crippen LogP contribution in [0.25, 0.3) is 0 Å². The van der Waals surface area contributed by atoms with Crippen LogP contribution < -0.4 is 5.32 Å². The van der Waals surface area contributed by atoms with E-state index in [1.165, 1.54) is 353 Å². The standard InChI is InChI=1S/C81H157NO10/c1-3-5-7-9-11-13-15-17-41-44-47-51-55-59-63-67-74(84)73(72-91-81-80(89)79(88)78(87)75(71-83)92-81)82-76(85)68-64-60-56-52-48-45-42-39-37-35-33-31-29-27-25-23-21-19-18-20-22-24-26-28-30-32-34-36-38-40-43-46-50-54-58-62-66-70-90-77(86)69-65-61-57-53-49-16-14-12-10-8-6-4-2/h63,67,73-75,78-81,83-84,87-89H,3-62,64-66,68-72H2,1-2H3,(H,82,85)/b67-63+. The highest BCUT2D eigenvalue weighted by atomic mass is 16.7. The first-order chi connectivity index (χ1) is 45.2. The van der Waals surface area contributed by atoms with E-state index in [0.29, 0.717) is 19.4 Å². The maximum atomic E-state index is 13.1. The maximum Gasteiger partial charge on any atom is 0.305 e. The smallest absolute Gasteiger partial charge is 0.305 e. The Bertz CT molecular complexity index is 1530. The topological polar surface area (TPSA) is 175 Å². The number of allylic oxidation sites excluding steroid dienone is 1. The Morgan fingerprint density at radius 2 is 0.685 bits per heavy atom. The van der Waals surface area contributed by atoms with Gasteiger partial charge in [0.05, 0.1) is 32.0 Å². The minimum absolute atomic E-state index is 0.0190. The summed E-state index contributed by atoms with van der Waals surface area (Å²) in [4.78, 5) is 25.2. The second-order valence-electron chi connectivity index (χ2n) is 28.8. The SMILES string of the molecule is CCCCCCCCCCCCCCC/C=C/C(O)C(COC1OC(CO)C(O)C(O)C1O)NC(=O)CCCCCCCCCCCCCCCCCCCCCCCCCCCCCCCCCCCCCCCOC(=O)CCCCCCCCCCCCCC. The number of hydrogen-bond donors (Lipinski definition) is 6. The van der Waals surface area contributed by atoms with Crippen LogP contribution in [-0.2, 0) is 23.8 Å². The number of rotatable bonds is 74. The Labute approximate surface area is 569 Å². The van der Waals surface area contributed by atoms with Crippen LogP contribution in [0.2, 0.25) is 0 Å². The molecule has 0 aromatic heterocycles. The molecule has 7 atom stereocenters. The van der Waals surface area contributed by atoms with Gasteiger partial charge in [0.15, 0.2) is 6.29 Å². The van der Waals surface area contributed by atoms with Gasteiger partial charge in [-0.1, -0.05) is 398 Å². The van der Waals surface area contributed by atoms with Crippen molar-refractivity contribution in [2.45, 2.75) is 474 Å². The van der Waals surface area contributed by atoms with Gasteiger partial charge in [0.2, 0.25) is 5.91 Å². The van der Waals surface area contributed by atoms with E-state index in [4.69, 9.17) is 14.2 Å². The molecule has 11 nitrogen and oxygen atoms in total. The minimum Gasteiger partial charge on any atom is -0.466 e. The van der Waals surface area contributed by atoms with Gasteiger partial charge in [0.1, 0.15) is 24.4 Å². The third kappa shape index (κ3) is 58.5. The molecule has 1 aliphatic rings. The lowest BCUT2D eigenvalue weighted by atomic mass is 9.99. The zero-order chi connectivity index (χ0) is 66.5. The normalized spacial score (nSPS) is 17.5. The van der Waals surface area contributed by atoms with Crippen molar-refractivity contribution in [1.29, 1.82) is 0 Å². The Morgan fingerprint density at radius 1 is 0.391 bits per heavy atom. The number of unbranched alkanes of at least 4 members (excludes halogenated alkanes) is 60. The molecule has 0 bridgehead atoms. The predicted octanol–water partition coefficient (Wildman–Crippen LogP) is 22.1. The summed E-state index contributed by atoms with van der Waals surface area (Å²) in [6.45, 7) is 4.42. The van der Waals surface area contributed by atoms with Crippen molar-refractivity contribution in [1.82, 2.24) is 5.32 Å². The summed E-state index contributed by atoms with van der Waals surface area (Å²) >= 11 is 0. The van der Waals surface area contributed by atoms with Gasteiger partial charge in [-0.3, -0.25) is 9.59 Å². The maximum absolute atomic E-state index is 13.1. The van der Waals surface area contributed by atoms with Crippen molar-refractivity contribution in [3.8, 4) is 0 Å². The molecular formula is C81H157NO10. The number of amides is 1. The fraction of sp³-hybridized carbons (Fsp3) is 0.951. The summed E-state index contributed by atoms with van der Waals surface area (Å²) in [6, 6.07) is -0.805. The van der Waals surface area contributed by atoms with E-state index in [1.807, 2.05) is 6.08 Å². The van der Waals surface area contributed by atoms with E-state index < -0.39 is 49.5 Å². The lowest BCUT2D eigenvalue weighted by molar-refractivity contribution is -0.302. The van der Waals surface area contributed by atoms with Gasteiger partial charge in [-0.05, 0) is 32.1 Å². The third-order valence-corrected chi connectivity index (χ3v) is 19.9. The fourth-order valence-corrected chi connectivity index (χ4v) is 13.5. The molecule has 7 unspecified atom stereocenters. The Balaban J connectivity index is 1.90. The van der Waals surface area contributed by atoms with Gasteiger partial charge in [0, 0.05) is 12.8 Å². The number of hydrogen-bond acceptors (Lipinski definition) is 10. The number of nitrogens with one attached hydrogen (secondary N) is 1. The molecule has 1 fully saturated rings. The second-order valence-corrected chi connectivity index (χ2v) is 28.8. The first kappa shape index (κ1) is 88.4. The van der Waals surface area contributed by atoms with Gasteiger partial charge < -0.3 is 45.1 Å². The molecule has 0 aromatic carbocycles. The van der Waals surface area contributed by atoms with Crippen molar-refractivity contribution in [2.75, 3.05) is 19.8 Å². The third-order valence-electron chi connectivity index (χ3n) is 19.9. The van der Waals surface area contributed by atoms with Gasteiger partial charge >= 0.3 is 5.97 Å². The molecule has 0 radical (unpaired) electrons. The highest BCUT2D eigenvalue weighted by Gasteiger charge is 2.44. The van der Waals surface area contributed by atoms with E-state index in [9.17, 15) is 35.1 Å². The molecule has 546 valence electrons. The van der Waals surface area contributed by atoms with Crippen LogP contribution in [-0.4, -0.2) is 100 Å². The van der Waals surface area contributed by atoms with Crippen LogP contribution in [0.5, 0.6) is 0 Å². The van der Waals surface area contributed by atoms with Gasteiger partial charge in [0.25, 0.3) is 0 Å². The summed E-state index contributed by atoms with van der Waals surface area (Å²) in [7, 11) is 0. The average molecular weight is 1310 g/mol. The molecule has 0 saturated carbocycles. The van der Waals surface area contributed by atoms with Crippen LogP contribution >= 0.6 is 0 Å². The van der Waals surface area contributed by atoms with Crippen molar-refractivity contribution < 1.29 is 49.3 Å². The van der Waals surface area contributed by atoms with E-state index in [-0.39, 0.29) is 18.5 Å². The van der Waals surface area contributed by atoms with E-state index in [1.54, 1.807) is 6.08 Å². The quantitative estimate of drug-likeness (QED) is 0.0195. The Kier molecular flexibility index (Phi) is 67.9. The molecule has 1 saturated heterocycles. The highest BCUT2D eigenvalue weighted by Crippen LogP contribution is 2.24. The van der Waals surface area contributed by atoms with Crippen LogP contribution in [0.4, 0.5) is 0 Å². The van der Waals surface area contributed by atoms with Crippen LogP contribution in [0.3, 0.4) is 0 Å². The summed E-state index contributed by atoms with van der Waals surface area (Å²) < 4.78 is 16.8. The second kappa shape index (κ2) is 70.7. The molecule has 1 amide bonds. The lowest BCUT2D eigenvalue weighted by Crippen LogP contribution is -2.60. The van der Waals surface area contributed by atoms with E-state index in [2.05, 4.69) is 19.2 Å². The lowest BCUT2D eigenvalue weighted by Gasteiger charge is -2.40. The molecule has 6 N–H and O–H groups in total. The first-order valence-electron chi connectivity index (χ1n) is 41.0. The van der Waals surface area contributed by atoms with Crippen LogP contribution in [0, 0.1) is 0 Å². The number of aliphatic hydroxyl groups is 5. The largest absolute Gasteiger partial charge is 0.466 e. The fourth-order valence-electron chi connectivity index (χ4n) is 13.5. The number of ether oxygens (including phenoxy) is 3. The van der Waals surface area contributed by atoms with Gasteiger partial charge in [-0.25, -0.2) is 0 Å². The molecule has 0 aromatic rings. The zero-order valence-corrected chi connectivity index (χ0v) is 61.1. The van der Waals surface area contributed by atoms with Crippen molar-refractivity contribution >= 4 is 11.9 Å². The predicted molar refractivity (Wildman–Crippen MR) is 389 cm³/mol. The van der Waals surface area contributed by atoms with Gasteiger partial charge in [-0.15, -0.1) is 0 Å². The molecule has 11 heteroatoms. The minimum atomic E-state index is -1.57. The zero-order valence-electron chi connectivity index (χ0n) is 61.1. The summed E-state index contributed by atoms with van der Waals surface area (Å²) in [5, 5.41) is 54.7. The highest BCUT2D eigenvalue weighted by molar-refractivity contribution is 5.76. The van der Waals surface area contributed by atoms with E-state index in [0.717, 1.165) is 51.4 Å². The van der Waals surface area contributed by atoms with E-state index >= 15 is 0 Å². The van der Waals surface area contributed by atoms with Crippen molar-refractivity contribution in [2.24, 2.45) is 0 Å². The number of carbonyl (C=O) groups is 2. The van der Waals surface area contributed by atoms with Crippen LogP contribution in [0.15, 0.2) is 12.2 Å². The summed E-state index contributed by atoms with van der Waals surface area (Å²) in [6.07, 6.45) is 79.6. The van der Waals surface area contributed by atoms with Crippen molar-refractivity contribution in [3.05, 3.63) is 12.2 Å². The first-order valence-corrected chi connectivity index (χ1v) is 41.0. The number of carbonyl (C=O) groups excluding carboxylic acids is 2. The van der Waals surface area contributed by atoms with Crippen LogP contribution in [0.1, 0.15) is 431 Å². The number of aliphatic hydroxyl groups excluding tert-OH is 5. The Morgan fingerprint density at radius 3 is 1.01 bits per heavy atom. The molecule has 0 spiro atoms. The average Bonchev–Trinajstić information content (AvgIpc) is 0.989. The molecular weight excluding hydrogens is 1150 g/mol. The molecule has 1 rings (SSSR count). The molecule has 1 heterocycles. The number of esters is 1. The summed E-state index contributed by atoms with van der Waals surface area (Å²) in [5.41, 5.74) is 0. The van der Waals surface area contributed by atoms with Gasteiger partial charge in [-0.2, -0.15) is 0 Å². The monoisotopic (exact) mass is 1300 g/mol. The molecule has 92 heavy (non-hydrogen) atoms. The van der Waals surface area contributed by atoms with Crippen molar-refractivity contribution in [3.63, 3.8) is 0 Å². The molecule has 0 aliphatic carbocycles. The Hall–Kier alpha value is -1.60. The molecule has 1 aliphatic heterocycles. The summed E-state index contributed by atoms with van der Waals surface area (Å²) in [5.74, 6) is -0.153.